The number of ether oxygens (including phenoxy) is 1. The van der Waals surface area contributed by atoms with Crippen LogP contribution in [0.2, 0.25) is 0 Å². The van der Waals surface area contributed by atoms with Crippen molar-refractivity contribution in [2.24, 2.45) is 5.73 Å². The number of halogens is 2. The van der Waals surface area contributed by atoms with Crippen LogP contribution in [0.4, 0.5) is 8.78 Å². The van der Waals surface area contributed by atoms with Gasteiger partial charge in [0.05, 0.1) is 13.0 Å². The van der Waals surface area contributed by atoms with Crippen molar-refractivity contribution >= 4 is 5.97 Å². The molecule has 0 bridgehead atoms. The van der Waals surface area contributed by atoms with Gasteiger partial charge in [0, 0.05) is 17.2 Å². The van der Waals surface area contributed by atoms with Gasteiger partial charge >= 0.3 is 5.97 Å². The molecule has 0 aromatic heterocycles. The predicted molar refractivity (Wildman–Crippen MR) is 86.4 cm³/mol. The van der Waals surface area contributed by atoms with Crippen LogP contribution in [0.1, 0.15) is 30.5 Å². The highest BCUT2D eigenvalue weighted by Crippen LogP contribution is 2.34. The number of hydrogen-bond acceptors (Lipinski definition) is 4. The van der Waals surface area contributed by atoms with Crippen LogP contribution in [0.3, 0.4) is 0 Å². The summed E-state index contributed by atoms with van der Waals surface area (Å²) < 4.78 is 32.7. The lowest BCUT2D eigenvalue weighted by atomic mass is 9.94. The normalized spacial score (nSPS) is 12.0. The van der Waals surface area contributed by atoms with E-state index in [0.29, 0.717) is 5.56 Å². The van der Waals surface area contributed by atoms with E-state index in [9.17, 15) is 18.7 Å². The van der Waals surface area contributed by atoms with Crippen molar-refractivity contribution < 1.29 is 23.4 Å². The quantitative estimate of drug-likeness (QED) is 0.819. The minimum atomic E-state index is -0.904. The minimum Gasteiger partial charge on any atom is -0.507 e. The summed E-state index contributed by atoms with van der Waals surface area (Å²) in [4.78, 5) is 11.6. The fourth-order valence-corrected chi connectivity index (χ4v) is 2.47. The lowest BCUT2D eigenvalue weighted by molar-refractivity contribution is -0.143. The van der Waals surface area contributed by atoms with E-state index in [2.05, 4.69) is 0 Å². The molecule has 24 heavy (non-hydrogen) atoms. The second-order valence-electron chi connectivity index (χ2n) is 5.47. The lowest BCUT2D eigenvalue weighted by Gasteiger charge is -2.16. The number of esters is 1. The van der Waals surface area contributed by atoms with Crippen molar-refractivity contribution in [3.05, 3.63) is 53.1 Å². The molecule has 2 aromatic rings. The topological polar surface area (TPSA) is 72.5 Å². The van der Waals surface area contributed by atoms with Crippen LogP contribution in [0.15, 0.2) is 30.3 Å². The van der Waals surface area contributed by atoms with Gasteiger partial charge in [-0.05, 0) is 55.3 Å². The Bertz CT molecular complexity index is 762. The minimum absolute atomic E-state index is 0.113. The number of aromatic hydroxyl groups is 1. The zero-order chi connectivity index (χ0) is 17.9. The van der Waals surface area contributed by atoms with Crippen molar-refractivity contribution in [2.45, 2.75) is 26.3 Å². The van der Waals surface area contributed by atoms with Gasteiger partial charge in [-0.15, -0.1) is 0 Å². The molecule has 0 radical (unpaired) electrons. The number of nitrogens with two attached hydrogens (primary N) is 1. The van der Waals surface area contributed by atoms with E-state index in [1.807, 2.05) is 0 Å². The highest BCUT2D eigenvalue weighted by atomic mass is 19.1. The third-order valence-electron chi connectivity index (χ3n) is 3.64. The van der Waals surface area contributed by atoms with Crippen molar-refractivity contribution in [1.29, 1.82) is 0 Å². The molecule has 0 aliphatic rings. The molecule has 0 aliphatic carbocycles. The van der Waals surface area contributed by atoms with Crippen LogP contribution in [-0.2, 0) is 9.53 Å². The summed E-state index contributed by atoms with van der Waals surface area (Å²) in [5, 5.41) is 9.93. The first kappa shape index (κ1) is 17.9. The molecule has 4 nitrogen and oxygen atoms in total. The van der Waals surface area contributed by atoms with Crippen molar-refractivity contribution in [3.63, 3.8) is 0 Å². The summed E-state index contributed by atoms with van der Waals surface area (Å²) in [6, 6.07) is 5.51. The van der Waals surface area contributed by atoms with Gasteiger partial charge in [0.1, 0.15) is 17.4 Å². The van der Waals surface area contributed by atoms with Gasteiger partial charge in [-0.3, -0.25) is 4.79 Å². The molecular formula is C18H19F2NO3. The first-order valence-electron chi connectivity index (χ1n) is 7.53. The molecule has 0 spiro atoms. The Hall–Kier alpha value is -2.47. The molecule has 0 heterocycles. The van der Waals surface area contributed by atoms with E-state index in [0.717, 1.165) is 12.1 Å². The Morgan fingerprint density at radius 2 is 2.00 bits per heavy atom. The Labute approximate surface area is 138 Å². The van der Waals surface area contributed by atoms with Gasteiger partial charge in [0.15, 0.2) is 0 Å². The number of benzene rings is 2. The van der Waals surface area contributed by atoms with Gasteiger partial charge in [-0.2, -0.15) is 0 Å². The molecule has 0 saturated heterocycles. The highest BCUT2D eigenvalue weighted by molar-refractivity contribution is 5.73. The van der Waals surface area contributed by atoms with E-state index in [-0.39, 0.29) is 35.5 Å². The summed E-state index contributed by atoms with van der Waals surface area (Å²) >= 11 is 0. The first-order valence-corrected chi connectivity index (χ1v) is 7.53. The molecule has 0 fully saturated rings. The molecule has 3 N–H and O–H groups in total. The smallest absolute Gasteiger partial charge is 0.307 e. The Balaban J connectivity index is 2.45. The van der Waals surface area contributed by atoms with E-state index in [4.69, 9.17) is 10.5 Å². The first-order chi connectivity index (χ1) is 11.3. The van der Waals surface area contributed by atoms with E-state index in [1.54, 1.807) is 6.92 Å². The fourth-order valence-electron chi connectivity index (χ4n) is 2.47. The van der Waals surface area contributed by atoms with Crippen molar-refractivity contribution in [2.75, 3.05) is 6.61 Å². The Morgan fingerprint density at radius 3 is 2.67 bits per heavy atom. The van der Waals surface area contributed by atoms with Crippen LogP contribution in [-0.4, -0.2) is 17.7 Å². The number of hydrogen-bond donors (Lipinski definition) is 2. The number of phenolic OH excluding ortho intramolecular Hbond substituents is 1. The largest absolute Gasteiger partial charge is 0.507 e. The van der Waals surface area contributed by atoms with Gasteiger partial charge in [-0.25, -0.2) is 8.78 Å². The highest BCUT2D eigenvalue weighted by Gasteiger charge is 2.20. The van der Waals surface area contributed by atoms with Gasteiger partial charge < -0.3 is 15.6 Å². The lowest BCUT2D eigenvalue weighted by Crippen LogP contribution is -2.19. The molecule has 0 saturated carbocycles. The van der Waals surface area contributed by atoms with Crippen LogP contribution in [0, 0.1) is 18.6 Å². The van der Waals surface area contributed by atoms with E-state index in [1.165, 1.54) is 25.1 Å². The van der Waals surface area contributed by atoms with E-state index >= 15 is 0 Å². The maximum absolute atomic E-state index is 14.4. The number of phenols is 1. The zero-order valence-electron chi connectivity index (χ0n) is 13.5. The van der Waals surface area contributed by atoms with Crippen molar-refractivity contribution in [3.8, 4) is 16.9 Å². The monoisotopic (exact) mass is 335 g/mol. The summed E-state index contributed by atoms with van der Waals surface area (Å²) in [5.74, 6) is -1.72. The molecule has 6 heteroatoms. The number of aryl methyl sites for hydroxylation is 1. The average molecular weight is 335 g/mol. The molecule has 0 aliphatic heterocycles. The summed E-state index contributed by atoms with van der Waals surface area (Å²) in [5.41, 5.74) is 6.97. The fraction of sp³-hybridized carbons (Fsp3) is 0.278. The third kappa shape index (κ3) is 3.89. The molecule has 0 amide bonds. The summed E-state index contributed by atoms with van der Waals surface area (Å²) in [6.07, 6.45) is -0.178. The number of rotatable bonds is 5. The van der Waals surface area contributed by atoms with Crippen LogP contribution in [0.5, 0.6) is 5.75 Å². The van der Waals surface area contributed by atoms with Crippen LogP contribution >= 0.6 is 0 Å². The van der Waals surface area contributed by atoms with Gasteiger partial charge in [0.25, 0.3) is 0 Å². The summed E-state index contributed by atoms with van der Waals surface area (Å²) in [6.45, 7) is 3.42. The molecule has 2 aromatic carbocycles. The standard InChI is InChI=1S/C18H19F2NO3/c1-3-24-17(23)9-15(21)14-7-11(6-10(2)18(14)20)13-8-12(19)4-5-16(13)22/h4-8,15,22H,3,9,21H2,1-2H3/t15-/m0/s1. The maximum atomic E-state index is 14.4. The Morgan fingerprint density at radius 1 is 1.29 bits per heavy atom. The number of carbonyl (C=O) groups excluding carboxylic acids is 1. The zero-order valence-corrected chi connectivity index (χ0v) is 13.5. The van der Waals surface area contributed by atoms with Gasteiger partial charge in [-0.1, -0.05) is 0 Å². The molecule has 0 unspecified atom stereocenters. The van der Waals surface area contributed by atoms with Crippen molar-refractivity contribution in [1.82, 2.24) is 0 Å². The molecular weight excluding hydrogens is 316 g/mol. The van der Waals surface area contributed by atoms with E-state index < -0.39 is 23.6 Å². The average Bonchev–Trinajstić information content (AvgIpc) is 2.52. The maximum Gasteiger partial charge on any atom is 0.307 e. The third-order valence-corrected chi connectivity index (χ3v) is 3.64. The van der Waals surface area contributed by atoms with Gasteiger partial charge in [0.2, 0.25) is 0 Å². The molecule has 128 valence electrons. The second kappa shape index (κ2) is 7.40. The SMILES string of the molecule is CCOC(=O)C[C@H](N)c1cc(-c2cc(F)ccc2O)cc(C)c1F. The number of carbonyl (C=O) groups is 1. The Kier molecular flexibility index (Phi) is 5.51. The summed E-state index contributed by atoms with van der Waals surface area (Å²) in [7, 11) is 0. The molecule has 1 atom stereocenters. The van der Waals surface area contributed by atoms with Crippen LogP contribution < -0.4 is 5.73 Å². The molecule has 2 rings (SSSR count). The van der Waals surface area contributed by atoms with Crippen LogP contribution in [0.25, 0.3) is 11.1 Å². The predicted octanol–water partition coefficient (Wildman–Crippen LogP) is 3.60. The second-order valence-corrected chi connectivity index (χ2v) is 5.47.